The molecule has 0 bridgehead atoms. The summed E-state index contributed by atoms with van der Waals surface area (Å²) in [4.78, 5) is 33.6. The number of alkyl halides is 6. The summed E-state index contributed by atoms with van der Waals surface area (Å²) in [7, 11) is 0. The Hall–Kier alpha value is -5.01. The third-order valence-corrected chi connectivity index (χ3v) is 7.02. The lowest BCUT2D eigenvalue weighted by Crippen LogP contribution is -2.47. The zero-order valence-electron chi connectivity index (χ0n) is 22.4. The summed E-state index contributed by atoms with van der Waals surface area (Å²) in [5.74, 6) is -2.19. The molecule has 17 heteroatoms. The lowest BCUT2D eigenvalue weighted by atomic mass is 10.0. The molecule has 1 saturated heterocycles. The van der Waals surface area contributed by atoms with Crippen molar-refractivity contribution in [1.29, 1.82) is 5.26 Å². The SMILES string of the molecule is N#CC1CN(c2nc(-c3cc4ccn(CCCCNc5cn[nH]c(=O)c5C(F)(F)F)c(=O)c4cc3F)ncc2C(F)(F)F)C1. The van der Waals surface area contributed by atoms with Crippen LogP contribution in [0.1, 0.15) is 24.0 Å². The molecule has 0 spiro atoms. The Morgan fingerprint density at radius 3 is 2.50 bits per heavy atom. The van der Waals surface area contributed by atoms with Gasteiger partial charge in [-0.05, 0) is 36.4 Å². The number of hydrogen-bond acceptors (Lipinski definition) is 8. The number of fused-ring (bicyclic) bond motifs is 1. The topological polar surface area (TPSA) is 133 Å². The monoisotopic (exact) mass is 622 g/mol. The van der Waals surface area contributed by atoms with Gasteiger partial charge in [0.2, 0.25) is 0 Å². The van der Waals surface area contributed by atoms with Gasteiger partial charge < -0.3 is 14.8 Å². The second-order valence-corrected chi connectivity index (χ2v) is 10.0. The first-order valence-electron chi connectivity index (χ1n) is 13.1. The van der Waals surface area contributed by atoms with E-state index in [0.717, 1.165) is 12.3 Å². The van der Waals surface area contributed by atoms with Crippen LogP contribution in [0.25, 0.3) is 22.2 Å². The van der Waals surface area contributed by atoms with Crippen molar-refractivity contribution in [3.05, 3.63) is 74.4 Å². The van der Waals surface area contributed by atoms with Crippen molar-refractivity contribution in [3.63, 3.8) is 0 Å². The highest BCUT2D eigenvalue weighted by molar-refractivity contribution is 5.86. The van der Waals surface area contributed by atoms with Crippen LogP contribution in [-0.4, -0.2) is 44.4 Å². The van der Waals surface area contributed by atoms with Crippen LogP contribution in [-0.2, 0) is 18.9 Å². The van der Waals surface area contributed by atoms with Crippen molar-refractivity contribution in [1.82, 2.24) is 24.7 Å². The van der Waals surface area contributed by atoms with Crippen molar-refractivity contribution < 1.29 is 30.7 Å². The standard InChI is InChI=1S/C27H21F7N8O2/c28-19-8-16-15(7-17(19)22-37-10-18(26(29,30)31)23(39-22)42-12-14(9-35)13-42)3-6-41(25(16)44)5-2-1-4-36-20-11-38-40-24(43)21(20)27(32,33)34/h3,6-8,10-11,14H,1-2,4-5,12-13H2,(H2,36,40,43). The highest BCUT2D eigenvalue weighted by Gasteiger charge is 2.40. The first-order valence-corrected chi connectivity index (χ1v) is 13.1. The van der Waals surface area contributed by atoms with Gasteiger partial charge in [0.1, 0.15) is 22.8 Å². The number of aromatic amines is 1. The number of aromatic nitrogens is 5. The largest absolute Gasteiger partial charge is 0.423 e. The molecule has 0 amide bonds. The maximum absolute atomic E-state index is 15.2. The van der Waals surface area contributed by atoms with E-state index in [1.807, 2.05) is 6.07 Å². The number of nitrogens with zero attached hydrogens (tertiary/aromatic N) is 6. The highest BCUT2D eigenvalue weighted by atomic mass is 19.4. The fourth-order valence-corrected chi connectivity index (χ4v) is 4.77. The number of anilines is 2. The van der Waals surface area contributed by atoms with Gasteiger partial charge in [0.05, 0.1) is 34.8 Å². The molecular weight excluding hydrogens is 601 g/mol. The molecule has 0 saturated carbocycles. The van der Waals surface area contributed by atoms with Gasteiger partial charge in [0.15, 0.2) is 5.82 Å². The summed E-state index contributed by atoms with van der Waals surface area (Å²) in [6.45, 7) is 0.246. The number of aryl methyl sites for hydroxylation is 1. The van der Waals surface area contributed by atoms with Gasteiger partial charge in [-0.1, -0.05) is 0 Å². The van der Waals surface area contributed by atoms with Crippen LogP contribution in [0.15, 0.2) is 46.4 Å². The molecule has 3 aromatic heterocycles. The second kappa shape index (κ2) is 11.6. The number of unbranched alkanes of at least 4 members (excludes halogenated alkanes) is 1. The molecule has 230 valence electrons. The number of benzene rings is 1. The number of H-pyrrole nitrogens is 1. The lowest BCUT2D eigenvalue weighted by molar-refractivity contribution is -0.138. The Morgan fingerprint density at radius 2 is 1.82 bits per heavy atom. The van der Waals surface area contributed by atoms with Gasteiger partial charge in [-0.2, -0.15) is 36.7 Å². The van der Waals surface area contributed by atoms with E-state index in [-0.39, 0.29) is 48.3 Å². The molecule has 1 fully saturated rings. The van der Waals surface area contributed by atoms with Gasteiger partial charge in [0, 0.05) is 38.6 Å². The summed E-state index contributed by atoms with van der Waals surface area (Å²) < 4.78 is 96.8. The number of pyridine rings is 1. The molecule has 0 unspecified atom stereocenters. The normalized spacial score (nSPS) is 14.0. The maximum Gasteiger partial charge on any atom is 0.423 e. The van der Waals surface area contributed by atoms with E-state index in [2.05, 4.69) is 20.4 Å². The first-order chi connectivity index (χ1) is 20.8. The average Bonchev–Trinajstić information content (AvgIpc) is 2.92. The molecule has 0 radical (unpaired) electrons. The highest BCUT2D eigenvalue weighted by Crippen LogP contribution is 2.39. The van der Waals surface area contributed by atoms with E-state index in [0.29, 0.717) is 19.0 Å². The van der Waals surface area contributed by atoms with E-state index < -0.39 is 57.8 Å². The molecule has 44 heavy (non-hydrogen) atoms. The van der Waals surface area contributed by atoms with Crippen LogP contribution in [0.2, 0.25) is 0 Å². The second-order valence-electron chi connectivity index (χ2n) is 10.0. The van der Waals surface area contributed by atoms with Crippen LogP contribution in [0.5, 0.6) is 0 Å². The molecule has 1 aliphatic rings. The van der Waals surface area contributed by atoms with Gasteiger partial charge in [0.25, 0.3) is 11.1 Å². The molecule has 2 N–H and O–H groups in total. The Labute approximate surface area is 242 Å². The average molecular weight is 623 g/mol. The molecule has 5 rings (SSSR count). The minimum absolute atomic E-state index is 0.0111. The summed E-state index contributed by atoms with van der Waals surface area (Å²) in [5.41, 5.74) is -5.15. The molecular formula is C27H21F7N8O2. The van der Waals surface area contributed by atoms with Crippen molar-refractivity contribution in [2.75, 3.05) is 29.9 Å². The van der Waals surface area contributed by atoms with Gasteiger partial charge >= 0.3 is 12.4 Å². The van der Waals surface area contributed by atoms with Crippen LogP contribution >= 0.6 is 0 Å². The zero-order chi connectivity index (χ0) is 31.8. The zero-order valence-corrected chi connectivity index (χ0v) is 22.4. The van der Waals surface area contributed by atoms with E-state index in [4.69, 9.17) is 5.26 Å². The molecule has 0 aliphatic carbocycles. The minimum atomic E-state index is -4.89. The molecule has 4 aromatic rings. The van der Waals surface area contributed by atoms with E-state index in [1.54, 1.807) is 5.10 Å². The summed E-state index contributed by atoms with van der Waals surface area (Å²) in [5, 5.41) is 16.9. The number of hydrogen-bond donors (Lipinski definition) is 2. The predicted molar refractivity (Wildman–Crippen MR) is 143 cm³/mol. The molecule has 0 atom stereocenters. The fraction of sp³-hybridized carbons (Fsp3) is 0.333. The van der Waals surface area contributed by atoms with Crippen molar-refractivity contribution in [3.8, 4) is 17.5 Å². The van der Waals surface area contributed by atoms with Crippen LogP contribution in [0, 0.1) is 23.1 Å². The summed E-state index contributed by atoms with van der Waals surface area (Å²) in [6, 6.07) is 5.68. The predicted octanol–water partition coefficient (Wildman–Crippen LogP) is 4.57. The van der Waals surface area contributed by atoms with Gasteiger partial charge in [-0.15, -0.1) is 0 Å². The van der Waals surface area contributed by atoms with Crippen molar-refractivity contribution >= 4 is 22.3 Å². The van der Waals surface area contributed by atoms with Crippen LogP contribution in [0.3, 0.4) is 0 Å². The van der Waals surface area contributed by atoms with E-state index in [1.165, 1.54) is 27.8 Å². The number of nitrogens with one attached hydrogen (secondary N) is 2. The summed E-state index contributed by atoms with van der Waals surface area (Å²) >= 11 is 0. The van der Waals surface area contributed by atoms with Crippen molar-refractivity contribution in [2.24, 2.45) is 5.92 Å². The van der Waals surface area contributed by atoms with Crippen LogP contribution in [0.4, 0.5) is 42.2 Å². The van der Waals surface area contributed by atoms with E-state index >= 15 is 4.39 Å². The Morgan fingerprint density at radius 1 is 1.07 bits per heavy atom. The molecule has 4 heterocycles. The smallest absolute Gasteiger partial charge is 0.383 e. The van der Waals surface area contributed by atoms with Crippen LogP contribution < -0.4 is 21.3 Å². The van der Waals surface area contributed by atoms with Gasteiger partial charge in [-0.3, -0.25) is 9.59 Å². The third-order valence-electron chi connectivity index (χ3n) is 7.02. The minimum Gasteiger partial charge on any atom is -0.383 e. The lowest BCUT2D eigenvalue weighted by Gasteiger charge is -2.37. The van der Waals surface area contributed by atoms with E-state index in [9.17, 15) is 35.9 Å². The fourth-order valence-electron chi connectivity index (χ4n) is 4.77. The van der Waals surface area contributed by atoms with Gasteiger partial charge in [-0.25, -0.2) is 19.5 Å². The molecule has 1 aliphatic heterocycles. The first kappa shape index (κ1) is 30.4. The Bertz CT molecular complexity index is 1870. The third kappa shape index (κ3) is 6.05. The maximum atomic E-state index is 15.2. The summed E-state index contributed by atoms with van der Waals surface area (Å²) in [6.07, 6.45) is -6.17. The quantitative estimate of drug-likeness (QED) is 0.216. The molecule has 10 nitrogen and oxygen atoms in total. The number of nitriles is 1. The number of halogens is 7. The Kier molecular flexibility index (Phi) is 8.02. The van der Waals surface area contributed by atoms with Crippen molar-refractivity contribution in [2.45, 2.75) is 31.7 Å². The molecule has 1 aromatic carbocycles. The number of rotatable bonds is 8. The Balaban J connectivity index is 1.32.